The van der Waals surface area contributed by atoms with Gasteiger partial charge in [0, 0.05) is 21.2 Å². The maximum absolute atomic E-state index is 12.6. The minimum absolute atomic E-state index is 0.0464. The molecule has 1 unspecified atom stereocenters. The summed E-state index contributed by atoms with van der Waals surface area (Å²) < 4.78 is 64.6. The normalized spacial score (nSPS) is 13.6. The minimum Gasteiger partial charge on any atom is -0.382 e. The van der Waals surface area contributed by atoms with Crippen LogP contribution < -0.4 is 4.72 Å². The van der Waals surface area contributed by atoms with E-state index in [0.29, 0.717) is 4.88 Å². The lowest BCUT2D eigenvalue weighted by atomic mass is 10.1. The molecule has 0 saturated heterocycles. The van der Waals surface area contributed by atoms with Gasteiger partial charge in [0.05, 0.1) is 11.3 Å². The Hall–Kier alpha value is -1.72. The first kappa shape index (κ1) is 21.0. The van der Waals surface area contributed by atoms with Gasteiger partial charge in [-0.25, -0.2) is 13.1 Å². The molecule has 3 rings (SSSR count). The number of hydrogen-bond donors (Lipinski definition) is 2. The van der Waals surface area contributed by atoms with Crippen molar-refractivity contribution in [1.29, 1.82) is 0 Å². The Morgan fingerprint density at radius 1 is 1.04 bits per heavy atom. The van der Waals surface area contributed by atoms with Gasteiger partial charge in [0.2, 0.25) is 10.0 Å². The molecule has 0 aliphatic rings. The number of sulfonamides is 1. The zero-order valence-electron chi connectivity index (χ0n) is 14.3. The lowest BCUT2D eigenvalue weighted by Crippen LogP contribution is -2.24. The third kappa shape index (κ3) is 5.42. The van der Waals surface area contributed by atoms with Crippen LogP contribution in [0, 0.1) is 0 Å². The molecule has 0 radical (unpaired) electrons. The van der Waals surface area contributed by atoms with E-state index in [-0.39, 0.29) is 12.1 Å². The summed E-state index contributed by atoms with van der Waals surface area (Å²) >= 11 is 2.73. The maximum Gasteiger partial charge on any atom is 0.416 e. The Kier molecular flexibility index (Phi) is 6.25. The molecule has 1 atom stereocenters. The first-order valence-electron chi connectivity index (χ1n) is 8.07. The molecular weight excluding hydrogens is 431 g/mol. The van der Waals surface area contributed by atoms with Crippen LogP contribution in [0.5, 0.6) is 0 Å². The zero-order valence-corrected chi connectivity index (χ0v) is 16.8. The predicted octanol–water partition coefficient (Wildman–Crippen LogP) is 4.53. The van der Waals surface area contributed by atoms with Crippen LogP contribution in [0.15, 0.2) is 53.9 Å². The zero-order chi connectivity index (χ0) is 20.4. The van der Waals surface area contributed by atoms with Crippen molar-refractivity contribution in [2.24, 2.45) is 0 Å². The van der Waals surface area contributed by atoms with E-state index in [1.165, 1.54) is 22.7 Å². The third-order valence-corrected chi connectivity index (χ3v) is 7.23. The van der Waals surface area contributed by atoms with Gasteiger partial charge in [0.25, 0.3) is 0 Å². The molecule has 0 saturated carbocycles. The molecule has 4 nitrogen and oxygen atoms in total. The summed E-state index contributed by atoms with van der Waals surface area (Å²) in [5, 5.41) is 12.2. The number of alkyl halides is 3. The number of nitrogens with one attached hydrogen (secondary N) is 1. The lowest BCUT2D eigenvalue weighted by molar-refractivity contribution is -0.137. The molecule has 3 aromatic rings. The molecule has 2 N–H and O–H groups in total. The van der Waals surface area contributed by atoms with E-state index in [1.54, 1.807) is 12.1 Å². The highest BCUT2D eigenvalue weighted by Crippen LogP contribution is 2.31. The van der Waals surface area contributed by atoms with Gasteiger partial charge in [0.15, 0.2) is 0 Å². The van der Waals surface area contributed by atoms with Crippen LogP contribution in [-0.2, 0) is 28.5 Å². The molecule has 2 heterocycles. The number of halogens is 3. The van der Waals surface area contributed by atoms with Crippen molar-refractivity contribution in [3.8, 4) is 0 Å². The lowest BCUT2D eigenvalue weighted by Gasteiger charge is -2.09. The highest BCUT2D eigenvalue weighted by molar-refractivity contribution is 7.88. The number of thiophene rings is 2. The summed E-state index contributed by atoms with van der Waals surface area (Å²) in [5.41, 5.74) is -0.558. The van der Waals surface area contributed by atoms with Gasteiger partial charge < -0.3 is 5.11 Å². The monoisotopic (exact) mass is 447 g/mol. The van der Waals surface area contributed by atoms with E-state index in [0.717, 1.165) is 34.0 Å². The average molecular weight is 448 g/mol. The van der Waals surface area contributed by atoms with Crippen molar-refractivity contribution in [3.63, 3.8) is 0 Å². The fraction of sp³-hybridized carbons (Fsp3) is 0.222. The number of hydrogen-bond acceptors (Lipinski definition) is 5. The van der Waals surface area contributed by atoms with Crippen LogP contribution in [0.25, 0.3) is 0 Å². The number of aliphatic hydroxyl groups excluding tert-OH is 1. The fourth-order valence-electron chi connectivity index (χ4n) is 2.47. The SMILES string of the molecule is O=S(=O)(Cc1ccc(C(F)(F)F)cc1)NCc1ccc(C(O)c2cccs2)s1. The van der Waals surface area contributed by atoms with Crippen molar-refractivity contribution in [1.82, 2.24) is 4.72 Å². The summed E-state index contributed by atoms with van der Waals surface area (Å²) in [5.74, 6) is -0.415. The van der Waals surface area contributed by atoms with Gasteiger partial charge in [-0.2, -0.15) is 13.2 Å². The quantitative estimate of drug-likeness (QED) is 0.559. The second-order valence-electron chi connectivity index (χ2n) is 6.00. The van der Waals surface area contributed by atoms with E-state index in [2.05, 4.69) is 4.72 Å². The number of aliphatic hydroxyl groups is 1. The number of rotatable bonds is 7. The first-order valence-corrected chi connectivity index (χ1v) is 11.4. The van der Waals surface area contributed by atoms with Crippen molar-refractivity contribution >= 4 is 32.7 Å². The Bertz CT molecular complexity index is 1010. The predicted molar refractivity (Wildman–Crippen MR) is 104 cm³/mol. The van der Waals surface area contributed by atoms with E-state index < -0.39 is 33.6 Å². The first-order chi connectivity index (χ1) is 13.1. The number of benzene rings is 1. The molecule has 0 aliphatic carbocycles. The van der Waals surface area contributed by atoms with Crippen molar-refractivity contribution in [3.05, 3.63) is 79.7 Å². The van der Waals surface area contributed by atoms with E-state index >= 15 is 0 Å². The Balaban J connectivity index is 1.59. The van der Waals surface area contributed by atoms with E-state index in [4.69, 9.17) is 0 Å². The molecule has 2 aromatic heterocycles. The van der Waals surface area contributed by atoms with Gasteiger partial charge in [-0.05, 0) is 41.3 Å². The topological polar surface area (TPSA) is 66.4 Å². The van der Waals surface area contributed by atoms with Gasteiger partial charge in [-0.1, -0.05) is 18.2 Å². The third-order valence-electron chi connectivity index (χ3n) is 3.87. The smallest absolute Gasteiger partial charge is 0.382 e. The van der Waals surface area contributed by atoms with Gasteiger partial charge in [0.1, 0.15) is 6.10 Å². The van der Waals surface area contributed by atoms with Crippen molar-refractivity contribution < 1.29 is 26.7 Å². The molecule has 0 fully saturated rings. The van der Waals surface area contributed by atoms with Gasteiger partial charge >= 0.3 is 6.18 Å². The highest BCUT2D eigenvalue weighted by atomic mass is 32.2. The summed E-state index contributed by atoms with van der Waals surface area (Å²) in [6.07, 6.45) is -5.21. The summed E-state index contributed by atoms with van der Waals surface area (Å²) in [6.45, 7) is 0.0464. The maximum atomic E-state index is 12.6. The Morgan fingerprint density at radius 2 is 1.75 bits per heavy atom. The summed E-state index contributed by atoms with van der Waals surface area (Å²) in [7, 11) is -3.72. The van der Waals surface area contributed by atoms with Crippen LogP contribution in [0.3, 0.4) is 0 Å². The van der Waals surface area contributed by atoms with E-state index in [9.17, 15) is 26.7 Å². The standard InChI is InChI=1S/C18H16F3NO3S3/c19-18(20,21)13-5-3-12(4-6-13)11-28(24,25)22-10-14-7-8-16(27-14)17(23)15-2-1-9-26-15/h1-9,17,22-23H,10-11H2. The van der Waals surface area contributed by atoms with Crippen LogP contribution in [0.1, 0.15) is 31.9 Å². The molecule has 28 heavy (non-hydrogen) atoms. The second kappa shape index (κ2) is 8.34. The van der Waals surface area contributed by atoms with E-state index in [1.807, 2.05) is 17.5 Å². The molecule has 0 spiro atoms. The molecule has 0 aliphatic heterocycles. The Morgan fingerprint density at radius 3 is 2.36 bits per heavy atom. The van der Waals surface area contributed by atoms with Gasteiger partial charge in [-0.15, -0.1) is 22.7 Å². The van der Waals surface area contributed by atoms with Crippen LogP contribution >= 0.6 is 22.7 Å². The Labute approximate surface area is 168 Å². The van der Waals surface area contributed by atoms with Crippen molar-refractivity contribution in [2.75, 3.05) is 0 Å². The largest absolute Gasteiger partial charge is 0.416 e. The molecule has 1 aromatic carbocycles. The molecular formula is C18H16F3NO3S3. The second-order valence-corrected chi connectivity index (χ2v) is 9.98. The summed E-state index contributed by atoms with van der Waals surface area (Å²) in [4.78, 5) is 2.23. The molecule has 0 amide bonds. The minimum atomic E-state index is -4.46. The summed E-state index contributed by atoms with van der Waals surface area (Å²) in [6, 6.07) is 11.2. The van der Waals surface area contributed by atoms with Crippen molar-refractivity contribution in [2.45, 2.75) is 24.6 Å². The van der Waals surface area contributed by atoms with Crippen LogP contribution in [0.4, 0.5) is 13.2 Å². The fourth-order valence-corrected chi connectivity index (χ4v) is 5.42. The molecule has 10 heteroatoms. The van der Waals surface area contributed by atoms with Gasteiger partial charge in [-0.3, -0.25) is 0 Å². The molecule has 0 bridgehead atoms. The van der Waals surface area contributed by atoms with Crippen LogP contribution in [0.2, 0.25) is 0 Å². The highest BCUT2D eigenvalue weighted by Gasteiger charge is 2.30. The average Bonchev–Trinajstić information content (AvgIpc) is 3.31. The molecule has 150 valence electrons. The van der Waals surface area contributed by atoms with Crippen LogP contribution in [-0.4, -0.2) is 13.5 Å².